The van der Waals surface area contributed by atoms with E-state index in [1.165, 1.54) is 11.4 Å². The molecule has 0 bridgehead atoms. The zero-order valence-corrected chi connectivity index (χ0v) is 14.2. The summed E-state index contributed by atoms with van der Waals surface area (Å²) in [5.74, 6) is -4.28. The Bertz CT molecular complexity index is 918. The maximum atomic E-state index is 13.5. The van der Waals surface area contributed by atoms with Gasteiger partial charge >= 0.3 is 24.3 Å². The van der Waals surface area contributed by atoms with Gasteiger partial charge in [0.05, 0.1) is 5.56 Å². The summed E-state index contributed by atoms with van der Waals surface area (Å²) in [5, 5.41) is 3.41. The van der Waals surface area contributed by atoms with E-state index in [1.54, 1.807) is 0 Å². The van der Waals surface area contributed by atoms with Gasteiger partial charge in [-0.3, -0.25) is 5.32 Å². The molecule has 0 saturated carbocycles. The van der Waals surface area contributed by atoms with Crippen LogP contribution in [0.15, 0.2) is 42.5 Å². The van der Waals surface area contributed by atoms with E-state index in [2.05, 4.69) is 0 Å². The smallest absolute Gasteiger partial charge is 0.424 e. The highest BCUT2D eigenvalue weighted by Gasteiger charge is 2.65. The van der Waals surface area contributed by atoms with Crippen molar-refractivity contribution in [3.63, 3.8) is 0 Å². The van der Waals surface area contributed by atoms with Gasteiger partial charge in [-0.2, -0.15) is 26.3 Å². The average molecular weight is 427 g/mol. The topological polar surface area (TPSA) is 59.6 Å². The van der Waals surface area contributed by atoms with Crippen LogP contribution in [-0.4, -0.2) is 18.1 Å². The fourth-order valence-corrected chi connectivity index (χ4v) is 2.46. The predicted octanol–water partition coefficient (Wildman–Crippen LogP) is 5.17. The van der Waals surface area contributed by atoms with Crippen LogP contribution in [0, 0.1) is 0 Å². The molecular formula is C16H9ClF6N2O3. The van der Waals surface area contributed by atoms with E-state index in [1.807, 2.05) is 5.32 Å². The zero-order valence-electron chi connectivity index (χ0n) is 13.4. The van der Waals surface area contributed by atoms with Crippen LogP contribution in [0.25, 0.3) is 0 Å². The molecule has 1 aliphatic rings. The van der Waals surface area contributed by atoms with Gasteiger partial charge in [0.25, 0.3) is 0 Å². The lowest BCUT2D eigenvalue weighted by atomic mass is 10.2. The number of carbonyl (C=O) groups excluding carboxylic acids is 1. The van der Waals surface area contributed by atoms with Gasteiger partial charge in [0.15, 0.2) is 11.5 Å². The third-order valence-electron chi connectivity index (χ3n) is 3.51. The second-order valence-electron chi connectivity index (χ2n) is 5.57. The van der Waals surface area contributed by atoms with Crippen LogP contribution >= 0.6 is 11.6 Å². The predicted molar refractivity (Wildman–Crippen MR) is 85.1 cm³/mol. The molecule has 0 aliphatic carbocycles. The van der Waals surface area contributed by atoms with E-state index in [4.69, 9.17) is 21.1 Å². The maximum Gasteiger partial charge on any atom is 0.492 e. The molecule has 0 fully saturated rings. The minimum atomic E-state index is -5.23. The number of carbonyl (C=O) groups is 1. The number of anilines is 1. The minimum absolute atomic E-state index is 0.0636. The summed E-state index contributed by atoms with van der Waals surface area (Å²) in [4.78, 5) is 12.0. The highest BCUT2D eigenvalue weighted by atomic mass is 35.5. The lowest BCUT2D eigenvalue weighted by Crippen LogP contribution is -2.65. The molecule has 1 unspecified atom stereocenters. The maximum absolute atomic E-state index is 13.5. The summed E-state index contributed by atoms with van der Waals surface area (Å²) in [6.45, 7) is 0. The first-order valence-electron chi connectivity index (χ1n) is 7.40. The first kappa shape index (κ1) is 19.9. The van der Waals surface area contributed by atoms with Crippen molar-refractivity contribution in [1.82, 2.24) is 5.32 Å². The molecule has 2 aromatic rings. The number of benzene rings is 2. The van der Waals surface area contributed by atoms with E-state index in [-0.39, 0.29) is 22.2 Å². The van der Waals surface area contributed by atoms with Crippen molar-refractivity contribution in [2.24, 2.45) is 0 Å². The summed E-state index contributed by atoms with van der Waals surface area (Å²) < 4.78 is 88.2. The molecule has 150 valence electrons. The van der Waals surface area contributed by atoms with Gasteiger partial charge in [-0.15, -0.1) is 0 Å². The normalized spacial score (nSPS) is 18.7. The number of ether oxygens (including phenoxy) is 2. The molecule has 2 aromatic carbocycles. The van der Waals surface area contributed by atoms with Crippen LogP contribution in [0.5, 0.6) is 11.5 Å². The molecule has 3 rings (SSSR count). The second-order valence-corrected chi connectivity index (χ2v) is 6.00. The lowest BCUT2D eigenvalue weighted by molar-refractivity contribution is -0.317. The summed E-state index contributed by atoms with van der Waals surface area (Å²) in [6, 6.07) is 5.26. The van der Waals surface area contributed by atoms with Crippen LogP contribution in [0.1, 0.15) is 5.56 Å². The van der Waals surface area contributed by atoms with Crippen molar-refractivity contribution in [2.45, 2.75) is 18.3 Å². The molecule has 1 heterocycles. The van der Waals surface area contributed by atoms with Gasteiger partial charge in [-0.05, 0) is 30.3 Å². The van der Waals surface area contributed by atoms with E-state index in [9.17, 15) is 31.1 Å². The Hall–Kier alpha value is -2.82. The number of hydrogen-bond donors (Lipinski definition) is 2. The van der Waals surface area contributed by atoms with Gasteiger partial charge in [0.1, 0.15) is 0 Å². The molecule has 0 aromatic heterocycles. The summed E-state index contributed by atoms with van der Waals surface area (Å²) in [6.07, 6.45) is -9.93. The second kappa shape index (κ2) is 6.66. The molecule has 2 N–H and O–H groups in total. The number of fused-ring (bicyclic) bond motifs is 1. The largest absolute Gasteiger partial charge is 0.492 e. The zero-order chi connectivity index (χ0) is 20.7. The number of halogens is 7. The summed E-state index contributed by atoms with van der Waals surface area (Å²) in [7, 11) is 0. The van der Waals surface area contributed by atoms with Crippen molar-refractivity contribution in [3.8, 4) is 11.5 Å². The highest BCUT2D eigenvalue weighted by Crippen LogP contribution is 2.46. The van der Waals surface area contributed by atoms with Crippen molar-refractivity contribution in [2.75, 3.05) is 5.32 Å². The number of alkyl halides is 6. The van der Waals surface area contributed by atoms with E-state index >= 15 is 0 Å². The van der Waals surface area contributed by atoms with E-state index < -0.39 is 29.9 Å². The van der Waals surface area contributed by atoms with Gasteiger partial charge in [0, 0.05) is 16.8 Å². The molecule has 28 heavy (non-hydrogen) atoms. The number of rotatable bonds is 2. The molecular weight excluding hydrogens is 418 g/mol. The number of urea groups is 1. The number of amides is 2. The number of hydrogen-bond acceptors (Lipinski definition) is 3. The standard InChI is InChI=1S/C16H9ClF6N2O3/c17-9-4-5-11-12(7-9)28-16(27-11,15(21,22)23)25-13(26)24-10-3-1-2-8(6-10)14(18,19)20/h1-7H,(H2,24,25,26). The van der Waals surface area contributed by atoms with Crippen molar-refractivity contribution >= 4 is 23.3 Å². The Morgan fingerprint density at radius 2 is 1.64 bits per heavy atom. The Labute approximate surface area is 158 Å². The monoisotopic (exact) mass is 426 g/mol. The van der Waals surface area contributed by atoms with Crippen LogP contribution in [0.3, 0.4) is 0 Å². The molecule has 1 aliphatic heterocycles. The van der Waals surface area contributed by atoms with E-state index in [0.29, 0.717) is 6.07 Å². The summed E-state index contributed by atoms with van der Waals surface area (Å²) in [5.41, 5.74) is -1.48. The molecule has 0 radical (unpaired) electrons. The van der Waals surface area contributed by atoms with Crippen LogP contribution in [0.2, 0.25) is 5.02 Å². The molecule has 2 amide bonds. The SMILES string of the molecule is O=C(Nc1cccc(C(F)(F)F)c1)NC1(C(F)(F)F)Oc2ccc(Cl)cc2O1. The summed E-state index contributed by atoms with van der Waals surface area (Å²) >= 11 is 5.69. The van der Waals surface area contributed by atoms with Crippen LogP contribution < -0.4 is 20.1 Å². The highest BCUT2D eigenvalue weighted by molar-refractivity contribution is 6.30. The Balaban J connectivity index is 1.81. The first-order valence-corrected chi connectivity index (χ1v) is 7.78. The van der Waals surface area contributed by atoms with E-state index in [0.717, 1.165) is 30.3 Å². The Morgan fingerprint density at radius 3 is 2.29 bits per heavy atom. The van der Waals surface area contributed by atoms with Crippen LogP contribution in [0.4, 0.5) is 36.8 Å². The van der Waals surface area contributed by atoms with Gasteiger partial charge in [-0.1, -0.05) is 17.7 Å². The molecule has 12 heteroatoms. The van der Waals surface area contributed by atoms with Gasteiger partial charge in [0.2, 0.25) is 0 Å². The van der Waals surface area contributed by atoms with Crippen molar-refractivity contribution in [1.29, 1.82) is 0 Å². The molecule has 0 spiro atoms. The average Bonchev–Trinajstić information content (AvgIpc) is 2.92. The van der Waals surface area contributed by atoms with Crippen molar-refractivity contribution in [3.05, 3.63) is 53.1 Å². The Kier molecular flexibility index (Phi) is 4.74. The fourth-order valence-electron chi connectivity index (χ4n) is 2.30. The first-order chi connectivity index (χ1) is 12.9. The Morgan fingerprint density at radius 1 is 0.964 bits per heavy atom. The fraction of sp³-hybridized carbons (Fsp3) is 0.188. The van der Waals surface area contributed by atoms with Crippen molar-refractivity contribution < 1.29 is 40.6 Å². The third-order valence-corrected chi connectivity index (χ3v) is 3.75. The van der Waals surface area contributed by atoms with Gasteiger partial charge < -0.3 is 14.8 Å². The molecule has 1 atom stereocenters. The van der Waals surface area contributed by atoms with Crippen LogP contribution in [-0.2, 0) is 6.18 Å². The van der Waals surface area contributed by atoms with Gasteiger partial charge in [-0.25, -0.2) is 4.79 Å². The lowest BCUT2D eigenvalue weighted by Gasteiger charge is -2.29. The quantitative estimate of drug-likeness (QED) is 0.652. The minimum Gasteiger partial charge on any atom is -0.424 e. The molecule has 0 saturated heterocycles. The third kappa shape index (κ3) is 3.88. The molecule has 5 nitrogen and oxygen atoms in total. The number of nitrogens with one attached hydrogen (secondary N) is 2.